The van der Waals surface area contributed by atoms with Crippen molar-refractivity contribution < 1.29 is 0 Å². The summed E-state index contributed by atoms with van der Waals surface area (Å²) in [6.45, 7) is 13.7. The molecule has 0 fully saturated rings. The van der Waals surface area contributed by atoms with E-state index in [9.17, 15) is 0 Å². The predicted molar refractivity (Wildman–Crippen MR) is 210 cm³/mol. The number of hydrogen-bond acceptors (Lipinski definition) is 0. The average molecular weight is 622 g/mol. The zero-order valence-corrected chi connectivity index (χ0v) is 29.0. The number of rotatable bonds is 5. The van der Waals surface area contributed by atoms with Gasteiger partial charge in [-0.1, -0.05) is 114 Å². The van der Waals surface area contributed by atoms with Crippen LogP contribution in [0.1, 0.15) is 94.4 Å². The van der Waals surface area contributed by atoms with Gasteiger partial charge in [-0.25, -0.2) is 0 Å². The van der Waals surface area contributed by atoms with E-state index in [0.717, 1.165) is 12.8 Å². The van der Waals surface area contributed by atoms with Gasteiger partial charge < -0.3 is 4.40 Å². The Morgan fingerprint density at radius 3 is 1.56 bits per heavy atom. The van der Waals surface area contributed by atoms with E-state index in [4.69, 9.17) is 0 Å². The summed E-state index contributed by atoms with van der Waals surface area (Å²) in [5, 5.41) is 10.6. The van der Waals surface area contributed by atoms with Gasteiger partial charge in [0.1, 0.15) is 0 Å². The summed E-state index contributed by atoms with van der Waals surface area (Å²) < 4.78 is 2.56. The third-order valence-electron chi connectivity index (χ3n) is 11.1. The van der Waals surface area contributed by atoms with Crippen LogP contribution in [0.5, 0.6) is 0 Å². The van der Waals surface area contributed by atoms with Crippen molar-refractivity contribution in [1.29, 1.82) is 0 Å². The van der Waals surface area contributed by atoms with Gasteiger partial charge in [-0.15, -0.1) is 0 Å². The summed E-state index contributed by atoms with van der Waals surface area (Å²) in [6, 6.07) is 36.0. The third-order valence-corrected chi connectivity index (χ3v) is 11.1. The molecule has 0 unspecified atom stereocenters. The van der Waals surface area contributed by atoms with E-state index in [1.807, 2.05) is 0 Å². The van der Waals surface area contributed by atoms with E-state index in [0.29, 0.717) is 17.8 Å². The van der Waals surface area contributed by atoms with Crippen molar-refractivity contribution in [1.82, 2.24) is 4.40 Å². The molecule has 6 aromatic carbocycles. The van der Waals surface area contributed by atoms with Crippen molar-refractivity contribution in [2.45, 2.75) is 72.1 Å². The standard InChI is InChI=1S/C47H43N/c1-27(2)31-12-14-34-25-45-41(21-36(34)18-31)43-23-38(39-17-16-33(29(5)6)20-40(39)30-10-8-7-9-11-30)24-44-42-22-37-19-32(28(3)4)13-15-35(37)26-46(42)48(45)47(43)44/h7-8,10,12-29H,9,11H2,1-6H3. The fourth-order valence-electron chi connectivity index (χ4n) is 8.21. The molecule has 0 bridgehead atoms. The van der Waals surface area contributed by atoms with E-state index in [1.165, 1.54) is 98.6 Å². The summed E-state index contributed by atoms with van der Waals surface area (Å²) >= 11 is 0. The predicted octanol–water partition coefficient (Wildman–Crippen LogP) is 13.9. The molecule has 0 N–H and O–H groups in total. The van der Waals surface area contributed by atoms with E-state index < -0.39 is 0 Å². The molecular weight excluding hydrogens is 579 g/mol. The summed E-state index contributed by atoms with van der Waals surface area (Å²) in [4.78, 5) is 0. The van der Waals surface area contributed by atoms with Gasteiger partial charge in [-0.05, 0) is 127 Å². The molecule has 0 radical (unpaired) electrons. The zero-order valence-electron chi connectivity index (χ0n) is 29.0. The van der Waals surface area contributed by atoms with Crippen LogP contribution < -0.4 is 0 Å². The molecule has 9 rings (SSSR count). The van der Waals surface area contributed by atoms with Crippen LogP contribution >= 0.6 is 0 Å². The topological polar surface area (TPSA) is 4.41 Å². The summed E-state index contributed by atoms with van der Waals surface area (Å²) in [5.41, 5.74) is 13.6. The Morgan fingerprint density at radius 2 is 1.04 bits per heavy atom. The van der Waals surface area contributed by atoms with Gasteiger partial charge in [-0.3, -0.25) is 0 Å². The molecule has 2 aromatic heterocycles. The van der Waals surface area contributed by atoms with Gasteiger partial charge in [0.05, 0.1) is 16.6 Å². The van der Waals surface area contributed by atoms with Crippen LogP contribution in [0.15, 0.2) is 109 Å². The van der Waals surface area contributed by atoms with Gasteiger partial charge in [0.2, 0.25) is 0 Å². The minimum Gasteiger partial charge on any atom is -0.308 e. The maximum absolute atomic E-state index is 2.56. The lowest BCUT2D eigenvalue weighted by molar-refractivity contribution is 0.866. The number of fused-ring (bicyclic) bond motifs is 8. The Morgan fingerprint density at radius 1 is 0.500 bits per heavy atom. The average Bonchev–Trinajstić information content (AvgIpc) is 3.59. The number of nitrogens with zero attached hydrogens (tertiary/aromatic N) is 1. The second-order valence-electron chi connectivity index (χ2n) is 15.1. The molecule has 8 aromatic rings. The number of allylic oxidation sites excluding steroid dienone is 4. The molecule has 0 amide bonds. The van der Waals surface area contributed by atoms with Crippen molar-refractivity contribution >= 4 is 65.2 Å². The highest BCUT2D eigenvalue weighted by atomic mass is 14.9. The van der Waals surface area contributed by atoms with Crippen LogP contribution in [0.2, 0.25) is 0 Å². The highest BCUT2D eigenvalue weighted by molar-refractivity contribution is 6.27. The van der Waals surface area contributed by atoms with Crippen molar-refractivity contribution in [2.75, 3.05) is 0 Å². The number of benzene rings is 6. The molecule has 236 valence electrons. The lowest BCUT2D eigenvalue weighted by Gasteiger charge is -2.18. The first-order chi connectivity index (χ1) is 23.2. The second-order valence-corrected chi connectivity index (χ2v) is 15.1. The fourth-order valence-corrected chi connectivity index (χ4v) is 8.21. The summed E-state index contributed by atoms with van der Waals surface area (Å²) in [5.74, 6) is 1.47. The Labute approximate surface area is 283 Å². The van der Waals surface area contributed by atoms with Crippen molar-refractivity contribution in [2.24, 2.45) is 0 Å². The van der Waals surface area contributed by atoms with Gasteiger partial charge in [0.15, 0.2) is 0 Å². The summed E-state index contributed by atoms with van der Waals surface area (Å²) in [7, 11) is 0. The molecule has 1 aliphatic carbocycles. The maximum Gasteiger partial charge on any atom is 0.0620 e. The second kappa shape index (κ2) is 10.8. The minimum absolute atomic E-state index is 0.482. The molecule has 0 saturated carbocycles. The van der Waals surface area contributed by atoms with Crippen LogP contribution in [-0.2, 0) is 0 Å². The lowest BCUT2D eigenvalue weighted by Crippen LogP contribution is -1.96. The van der Waals surface area contributed by atoms with E-state index in [2.05, 4.69) is 155 Å². The van der Waals surface area contributed by atoms with Gasteiger partial charge in [0, 0.05) is 21.5 Å². The first-order valence-corrected chi connectivity index (χ1v) is 17.9. The molecular formula is C47H43N. The van der Waals surface area contributed by atoms with E-state index >= 15 is 0 Å². The van der Waals surface area contributed by atoms with Crippen molar-refractivity contribution in [3.8, 4) is 11.1 Å². The molecule has 0 atom stereocenters. The minimum atomic E-state index is 0.482. The first-order valence-electron chi connectivity index (χ1n) is 17.9. The third kappa shape index (κ3) is 4.44. The molecule has 2 heterocycles. The number of aromatic nitrogens is 1. The normalized spacial score (nSPS) is 14.1. The SMILES string of the molecule is CC(C)c1ccc(-c2cc3c4cc5cc(C(C)C)ccc5cc4n4c5cc6ccc(C(C)C)cc6cc5c(c2)c34)c(C2=CC=CCC2)c1. The van der Waals surface area contributed by atoms with Gasteiger partial charge in [0.25, 0.3) is 0 Å². The van der Waals surface area contributed by atoms with Gasteiger partial charge in [-0.2, -0.15) is 0 Å². The van der Waals surface area contributed by atoms with E-state index in [1.54, 1.807) is 0 Å². The maximum atomic E-state index is 2.56. The monoisotopic (exact) mass is 621 g/mol. The Hall–Kier alpha value is -4.88. The van der Waals surface area contributed by atoms with Crippen LogP contribution in [-0.4, -0.2) is 4.40 Å². The van der Waals surface area contributed by atoms with E-state index in [-0.39, 0.29) is 0 Å². The summed E-state index contributed by atoms with van der Waals surface area (Å²) in [6.07, 6.45) is 9.04. The Bertz CT molecular complexity index is 2500. The van der Waals surface area contributed by atoms with Crippen molar-refractivity contribution in [3.05, 3.63) is 131 Å². The fraction of sp³-hybridized carbons (Fsp3) is 0.234. The van der Waals surface area contributed by atoms with Crippen LogP contribution in [0.3, 0.4) is 0 Å². The largest absolute Gasteiger partial charge is 0.308 e. The molecule has 1 heteroatoms. The lowest BCUT2D eigenvalue weighted by atomic mass is 9.86. The molecule has 0 aliphatic heterocycles. The zero-order chi connectivity index (χ0) is 32.8. The molecule has 0 spiro atoms. The quantitative estimate of drug-likeness (QED) is 0.180. The smallest absolute Gasteiger partial charge is 0.0620 e. The van der Waals surface area contributed by atoms with Crippen LogP contribution in [0, 0.1) is 0 Å². The van der Waals surface area contributed by atoms with Gasteiger partial charge >= 0.3 is 0 Å². The first kappa shape index (κ1) is 29.3. The van der Waals surface area contributed by atoms with Crippen molar-refractivity contribution in [3.63, 3.8) is 0 Å². The van der Waals surface area contributed by atoms with Crippen LogP contribution in [0.4, 0.5) is 0 Å². The highest BCUT2D eigenvalue weighted by Crippen LogP contribution is 2.45. The highest BCUT2D eigenvalue weighted by Gasteiger charge is 2.22. The molecule has 1 aliphatic rings. The molecule has 0 saturated heterocycles. The van der Waals surface area contributed by atoms with Crippen LogP contribution in [0.25, 0.3) is 76.3 Å². The molecule has 1 nitrogen and oxygen atoms in total. The Balaban J connectivity index is 1.42. The molecule has 48 heavy (non-hydrogen) atoms. The Kier molecular flexibility index (Phi) is 6.60. The number of hydrogen-bond donors (Lipinski definition) is 0.